The van der Waals surface area contributed by atoms with Crippen molar-refractivity contribution in [3.05, 3.63) is 71.4 Å². The minimum absolute atomic E-state index is 0.125. The predicted octanol–water partition coefficient (Wildman–Crippen LogP) is 4.10. The van der Waals surface area contributed by atoms with Crippen molar-refractivity contribution in [2.75, 3.05) is 0 Å². The number of hydrogen-bond donors (Lipinski definition) is 0. The van der Waals surface area contributed by atoms with Crippen LogP contribution in [-0.2, 0) is 4.74 Å². The van der Waals surface area contributed by atoms with Crippen LogP contribution >= 0.6 is 0 Å². The molecule has 0 radical (unpaired) electrons. The Balaban J connectivity index is 1.73. The molecule has 3 aromatic rings. The van der Waals surface area contributed by atoms with E-state index in [1.807, 2.05) is 31.2 Å². The van der Waals surface area contributed by atoms with Crippen molar-refractivity contribution in [2.45, 2.75) is 20.0 Å². The molecule has 2 aromatic carbocycles. The van der Waals surface area contributed by atoms with E-state index >= 15 is 0 Å². The molecule has 5 nitrogen and oxygen atoms in total. The number of aryl methyl sites for hydroxylation is 1. The summed E-state index contributed by atoms with van der Waals surface area (Å²) < 4.78 is 24.0. The number of halogens is 1. The molecule has 24 heavy (non-hydrogen) atoms. The van der Waals surface area contributed by atoms with Crippen molar-refractivity contribution in [1.29, 1.82) is 0 Å². The van der Waals surface area contributed by atoms with Crippen LogP contribution < -0.4 is 0 Å². The fourth-order valence-electron chi connectivity index (χ4n) is 2.11. The molecule has 0 aliphatic heterocycles. The van der Waals surface area contributed by atoms with Gasteiger partial charge >= 0.3 is 5.97 Å². The maximum Gasteiger partial charge on any atom is 0.339 e. The van der Waals surface area contributed by atoms with Gasteiger partial charge in [0.2, 0.25) is 5.89 Å². The summed E-state index contributed by atoms with van der Waals surface area (Å²) in [5.74, 6) is -0.636. The number of benzene rings is 2. The van der Waals surface area contributed by atoms with Crippen LogP contribution in [-0.4, -0.2) is 16.2 Å². The van der Waals surface area contributed by atoms with Gasteiger partial charge in [-0.25, -0.2) is 9.18 Å². The molecule has 1 aromatic heterocycles. The van der Waals surface area contributed by atoms with Crippen molar-refractivity contribution < 1.29 is 18.3 Å². The van der Waals surface area contributed by atoms with Gasteiger partial charge in [0.15, 0.2) is 6.10 Å². The summed E-state index contributed by atoms with van der Waals surface area (Å²) in [5, 5.41) is 7.87. The molecule has 1 heterocycles. The van der Waals surface area contributed by atoms with Gasteiger partial charge in [0.1, 0.15) is 5.82 Å². The van der Waals surface area contributed by atoms with E-state index in [0.717, 1.165) is 17.2 Å². The summed E-state index contributed by atoms with van der Waals surface area (Å²) in [6, 6.07) is 12.9. The van der Waals surface area contributed by atoms with Crippen LogP contribution in [0.15, 0.2) is 52.9 Å². The Bertz CT molecular complexity index is 859. The zero-order chi connectivity index (χ0) is 17.1. The van der Waals surface area contributed by atoms with E-state index < -0.39 is 17.9 Å². The molecule has 0 N–H and O–H groups in total. The number of carbonyl (C=O) groups excluding carboxylic acids is 1. The smallest absolute Gasteiger partial charge is 0.339 e. The van der Waals surface area contributed by atoms with Crippen LogP contribution in [0.5, 0.6) is 0 Å². The number of rotatable bonds is 4. The van der Waals surface area contributed by atoms with Crippen molar-refractivity contribution in [1.82, 2.24) is 10.2 Å². The monoisotopic (exact) mass is 326 g/mol. The van der Waals surface area contributed by atoms with Gasteiger partial charge in [0, 0.05) is 5.56 Å². The van der Waals surface area contributed by atoms with E-state index in [2.05, 4.69) is 10.2 Å². The van der Waals surface area contributed by atoms with Crippen molar-refractivity contribution in [2.24, 2.45) is 0 Å². The Morgan fingerprint density at radius 2 is 1.92 bits per heavy atom. The molecule has 0 saturated heterocycles. The molecule has 0 unspecified atom stereocenters. The first-order chi connectivity index (χ1) is 11.5. The summed E-state index contributed by atoms with van der Waals surface area (Å²) in [5.41, 5.74) is 2.03. The summed E-state index contributed by atoms with van der Waals surface area (Å²) in [6.07, 6.45) is -0.743. The highest BCUT2D eigenvalue weighted by Gasteiger charge is 2.20. The largest absolute Gasteiger partial charge is 0.449 e. The highest BCUT2D eigenvalue weighted by molar-refractivity contribution is 5.89. The van der Waals surface area contributed by atoms with Crippen LogP contribution in [0.2, 0.25) is 0 Å². The summed E-state index contributed by atoms with van der Waals surface area (Å²) in [4.78, 5) is 12.0. The Kier molecular flexibility index (Phi) is 4.37. The molecule has 6 heteroatoms. The molecular weight excluding hydrogens is 311 g/mol. The lowest BCUT2D eigenvalue weighted by molar-refractivity contribution is 0.0279. The number of ether oxygens (including phenoxy) is 1. The van der Waals surface area contributed by atoms with Crippen LogP contribution in [0.4, 0.5) is 4.39 Å². The van der Waals surface area contributed by atoms with E-state index in [-0.39, 0.29) is 11.5 Å². The fraction of sp³-hybridized carbons (Fsp3) is 0.167. The Morgan fingerprint density at radius 3 is 2.62 bits per heavy atom. The lowest BCUT2D eigenvalue weighted by atomic mass is 10.1. The van der Waals surface area contributed by atoms with Gasteiger partial charge < -0.3 is 9.15 Å². The number of aromatic nitrogens is 2. The van der Waals surface area contributed by atoms with Crippen LogP contribution in [0.1, 0.15) is 34.8 Å². The third kappa shape index (κ3) is 3.48. The maximum atomic E-state index is 13.2. The Morgan fingerprint density at radius 1 is 1.17 bits per heavy atom. The first-order valence-electron chi connectivity index (χ1n) is 7.40. The first-order valence-corrected chi connectivity index (χ1v) is 7.40. The number of hydrogen-bond acceptors (Lipinski definition) is 5. The Hall–Kier alpha value is -3.02. The van der Waals surface area contributed by atoms with Gasteiger partial charge in [-0.2, -0.15) is 0 Å². The second kappa shape index (κ2) is 6.62. The summed E-state index contributed by atoms with van der Waals surface area (Å²) in [7, 11) is 0. The quantitative estimate of drug-likeness (QED) is 0.675. The maximum absolute atomic E-state index is 13.2. The first kappa shape index (κ1) is 15.9. The van der Waals surface area contributed by atoms with E-state index in [1.165, 1.54) is 18.2 Å². The Labute approximate surface area is 138 Å². The molecule has 0 bridgehead atoms. The molecule has 122 valence electrons. The predicted molar refractivity (Wildman–Crippen MR) is 84.7 cm³/mol. The standard InChI is InChI=1S/C18H15FN2O3/c1-11-6-8-13(9-7-11)17-21-20-16(24-17)12(2)23-18(22)14-4-3-5-15(19)10-14/h3-10,12H,1-2H3/t12-/m1/s1. The summed E-state index contributed by atoms with van der Waals surface area (Å²) >= 11 is 0. The molecule has 0 saturated carbocycles. The highest BCUT2D eigenvalue weighted by Crippen LogP contribution is 2.23. The molecule has 0 aliphatic carbocycles. The van der Waals surface area contributed by atoms with E-state index in [1.54, 1.807) is 6.92 Å². The zero-order valence-electron chi connectivity index (χ0n) is 13.2. The second-order valence-electron chi connectivity index (χ2n) is 5.37. The fourth-order valence-corrected chi connectivity index (χ4v) is 2.11. The van der Waals surface area contributed by atoms with Crippen LogP contribution in [0, 0.1) is 12.7 Å². The SMILES string of the molecule is Cc1ccc(-c2nnc([C@@H](C)OC(=O)c3cccc(F)c3)o2)cc1. The molecule has 0 spiro atoms. The van der Waals surface area contributed by atoms with Crippen molar-refractivity contribution >= 4 is 5.97 Å². The van der Waals surface area contributed by atoms with E-state index in [0.29, 0.717) is 5.89 Å². The van der Waals surface area contributed by atoms with Crippen LogP contribution in [0.3, 0.4) is 0 Å². The lowest BCUT2D eigenvalue weighted by Crippen LogP contribution is -2.09. The van der Waals surface area contributed by atoms with Crippen molar-refractivity contribution in [3.8, 4) is 11.5 Å². The average molecular weight is 326 g/mol. The van der Waals surface area contributed by atoms with Gasteiger partial charge in [-0.3, -0.25) is 0 Å². The minimum atomic E-state index is -0.743. The normalized spacial score (nSPS) is 12.0. The zero-order valence-corrected chi connectivity index (χ0v) is 13.2. The number of carbonyl (C=O) groups is 1. The van der Waals surface area contributed by atoms with Gasteiger partial charge in [0.05, 0.1) is 5.56 Å². The number of esters is 1. The molecule has 0 amide bonds. The topological polar surface area (TPSA) is 65.2 Å². The highest BCUT2D eigenvalue weighted by atomic mass is 19.1. The number of nitrogens with zero attached hydrogens (tertiary/aromatic N) is 2. The molecule has 1 atom stereocenters. The van der Waals surface area contributed by atoms with Gasteiger partial charge in [-0.15, -0.1) is 10.2 Å². The van der Waals surface area contributed by atoms with Crippen LogP contribution in [0.25, 0.3) is 11.5 Å². The molecule has 0 fully saturated rings. The van der Waals surface area contributed by atoms with Gasteiger partial charge in [-0.1, -0.05) is 23.8 Å². The minimum Gasteiger partial charge on any atom is -0.449 e. The second-order valence-corrected chi connectivity index (χ2v) is 5.37. The average Bonchev–Trinajstić information content (AvgIpc) is 3.05. The third-order valence-corrected chi connectivity index (χ3v) is 3.43. The van der Waals surface area contributed by atoms with Gasteiger partial charge in [0.25, 0.3) is 5.89 Å². The van der Waals surface area contributed by atoms with E-state index in [9.17, 15) is 9.18 Å². The third-order valence-electron chi connectivity index (χ3n) is 3.43. The molecular formula is C18H15FN2O3. The van der Waals surface area contributed by atoms with Gasteiger partial charge in [-0.05, 0) is 44.2 Å². The van der Waals surface area contributed by atoms with E-state index in [4.69, 9.17) is 9.15 Å². The van der Waals surface area contributed by atoms with Crippen molar-refractivity contribution in [3.63, 3.8) is 0 Å². The molecule has 3 rings (SSSR count). The lowest BCUT2D eigenvalue weighted by Gasteiger charge is -2.09. The molecule has 0 aliphatic rings. The summed E-state index contributed by atoms with van der Waals surface area (Å²) in [6.45, 7) is 3.60.